The van der Waals surface area contributed by atoms with Crippen molar-refractivity contribution >= 4 is 5.91 Å². The van der Waals surface area contributed by atoms with Crippen LogP contribution in [0.5, 0.6) is 17.2 Å². The molecule has 1 rings (SSSR count). The Morgan fingerprint density at radius 3 is 2.25 bits per heavy atom. The van der Waals surface area contributed by atoms with Crippen molar-refractivity contribution < 1.29 is 19.0 Å². The van der Waals surface area contributed by atoms with E-state index in [1.165, 1.54) is 6.07 Å². The first kappa shape index (κ1) is 15.7. The highest BCUT2D eigenvalue weighted by molar-refractivity contribution is 5.98. The molecule has 0 unspecified atom stereocenters. The Morgan fingerprint density at radius 1 is 1.10 bits per heavy atom. The lowest BCUT2D eigenvalue weighted by Gasteiger charge is -2.17. The fourth-order valence-corrected chi connectivity index (χ4v) is 1.65. The molecular weight excluding hydrogens is 262 g/mol. The standard InChI is InChI=1S/C13H17N3O4/c1-4-18-10-8-7-9(13(17)15-16-14)11(19-5-2)12(10)20-6-3/h7-8H,4-6H2,1-3H3. The van der Waals surface area contributed by atoms with E-state index in [0.717, 1.165) is 0 Å². The lowest BCUT2D eigenvalue weighted by molar-refractivity contribution is 0.0995. The molecule has 0 aromatic heterocycles. The highest BCUT2D eigenvalue weighted by Crippen LogP contribution is 2.40. The Labute approximate surface area is 117 Å². The van der Waals surface area contributed by atoms with Crippen LogP contribution in [0.1, 0.15) is 31.1 Å². The normalized spacial score (nSPS) is 9.55. The Hall–Kier alpha value is -2.40. The van der Waals surface area contributed by atoms with Gasteiger partial charge in [0.15, 0.2) is 11.5 Å². The second kappa shape index (κ2) is 7.91. The van der Waals surface area contributed by atoms with Gasteiger partial charge in [-0.3, -0.25) is 4.79 Å². The van der Waals surface area contributed by atoms with Gasteiger partial charge >= 0.3 is 0 Å². The molecule has 0 N–H and O–H groups in total. The van der Waals surface area contributed by atoms with Crippen LogP contribution < -0.4 is 14.2 Å². The number of nitrogens with zero attached hydrogens (tertiary/aromatic N) is 3. The molecule has 108 valence electrons. The quantitative estimate of drug-likeness (QED) is 0.434. The number of amides is 1. The number of rotatable bonds is 7. The van der Waals surface area contributed by atoms with E-state index in [0.29, 0.717) is 31.3 Å². The molecule has 7 nitrogen and oxygen atoms in total. The van der Waals surface area contributed by atoms with E-state index in [1.807, 2.05) is 13.8 Å². The number of hydrogen-bond donors (Lipinski definition) is 0. The summed E-state index contributed by atoms with van der Waals surface area (Å²) >= 11 is 0. The minimum Gasteiger partial charge on any atom is -0.490 e. The second-order valence-electron chi connectivity index (χ2n) is 3.56. The molecule has 0 aliphatic heterocycles. The van der Waals surface area contributed by atoms with Crippen LogP contribution in [-0.2, 0) is 0 Å². The third-order valence-corrected chi connectivity index (χ3v) is 2.32. The molecule has 7 heteroatoms. The maximum Gasteiger partial charge on any atom is 0.253 e. The highest BCUT2D eigenvalue weighted by Gasteiger charge is 2.20. The summed E-state index contributed by atoms with van der Waals surface area (Å²) in [4.78, 5) is 14.3. The minimum absolute atomic E-state index is 0.150. The Kier molecular flexibility index (Phi) is 6.19. The van der Waals surface area contributed by atoms with Crippen LogP contribution in [0.2, 0.25) is 0 Å². The van der Waals surface area contributed by atoms with Crippen molar-refractivity contribution in [2.24, 2.45) is 5.11 Å². The summed E-state index contributed by atoms with van der Waals surface area (Å²) in [6.07, 6.45) is 0. The van der Waals surface area contributed by atoms with Gasteiger partial charge < -0.3 is 14.2 Å². The van der Waals surface area contributed by atoms with E-state index >= 15 is 0 Å². The van der Waals surface area contributed by atoms with Crippen molar-refractivity contribution in [3.63, 3.8) is 0 Å². The molecule has 0 fully saturated rings. The molecule has 0 bridgehead atoms. The van der Waals surface area contributed by atoms with Gasteiger partial charge in [0.25, 0.3) is 5.91 Å². The second-order valence-corrected chi connectivity index (χ2v) is 3.56. The molecule has 0 spiro atoms. The van der Waals surface area contributed by atoms with Crippen molar-refractivity contribution in [3.8, 4) is 17.2 Å². The van der Waals surface area contributed by atoms with Crippen LogP contribution in [-0.4, -0.2) is 25.7 Å². The van der Waals surface area contributed by atoms with Crippen LogP contribution in [0.15, 0.2) is 17.2 Å². The topological polar surface area (TPSA) is 93.5 Å². The zero-order valence-corrected chi connectivity index (χ0v) is 11.8. The van der Waals surface area contributed by atoms with E-state index in [4.69, 9.17) is 19.7 Å². The van der Waals surface area contributed by atoms with Crippen LogP contribution in [0.3, 0.4) is 0 Å². The summed E-state index contributed by atoms with van der Waals surface area (Å²) < 4.78 is 16.4. The van der Waals surface area contributed by atoms with Gasteiger partial charge in [0, 0.05) is 4.91 Å². The predicted octanol–water partition coefficient (Wildman–Crippen LogP) is 3.33. The van der Waals surface area contributed by atoms with Gasteiger partial charge in [-0.1, -0.05) is 0 Å². The molecule has 0 aliphatic carbocycles. The van der Waals surface area contributed by atoms with E-state index in [-0.39, 0.29) is 11.3 Å². The Balaban J connectivity index is 3.41. The van der Waals surface area contributed by atoms with E-state index in [2.05, 4.69) is 10.0 Å². The largest absolute Gasteiger partial charge is 0.490 e. The average molecular weight is 279 g/mol. The number of azide groups is 1. The molecule has 1 aromatic rings. The van der Waals surface area contributed by atoms with Crippen molar-refractivity contribution in [3.05, 3.63) is 28.1 Å². The van der Waals surface area contributed by atoms with Crippen LogP contribution in [0, 0.1) is 0 Å². The van der Waals surface area contributed by atoms with Gasteiger partial charge in [0.2, 0.25) is 5.75 Å². The molecule has 20 heavy (non-hydrogen) atoms. The average Bonchev–Trinajstić information content (AvgIpc) is 2.43. The molecule has 0 saturated carbocycles. The van der Waals surface area contributed by atoms with Crippen molar-refractivity contribution in [1.29, 1.82) is 0 Å². The molecule has 1 amide bonds. The number of ether oxygens (including phenoxy) is 3. The Morgan fingerprint density at radius 2 is 1.70 bits per heavy atom. The van der Waals surface area contributed by atoms with Gasteiger partial charge in [0.1, 0.15) is 0 Å². The maximum absolute atomic E-state index is 11.8. The number of hydrogen-bond acceptors (Lipinski definition) is 4. The third kappa shape index (κ3) is 3.55. The third-order valence-electron chi connectivity index (χ3n) is 2.32. The lowest BCUT2D eigenvalue weighted by Crippen LogP contribution is -2.07. The number of benzene rings is 1. The predicted molar refractivity (Wildman–Crippen MR) is 73.4 cm³/mol. The monoisotopic (exact) mass is 279 g/mol. The summed E-state index contributed by atoms with van der Waals surface area (Å²) in [6, 6.07) is 3.09. The zero-order chi connectivity index (χ0) is 15.0. The van der Waals surface area contributed by atoms with Gasteiger partial charge in [-0.15, -0.1) is 0 Å². The van der Waals surface area contributed by atoms with Gasteiger partial charge in [0.05, 0.1) is 25.4 Å². The Bertz CT molecular complexity index is 525. The molecule has 0 saturated heterocycles. The first-order valence-corrected chi connectivity index (χ1v) is 6.34. The minimum atomic E-state index is -0.722. The molecule has 0 aliphatic rings. The van der Waals surface area contributed by atoms with Gasteiger partial charge in [-0.2, -0.15) is 0 Å². The number of carbonyl (C=O) groups excluding carboxylic acids is 1. The van der Waals surface area contributed by atoms with Crippen molar-refractivity contribution in [2.45, 2.75) is 20.8 Å². The molecular formula is C13H17N3O4. The maximum atomic E-state index is 11.8. The van der Waals surface area contributed by atoms with E-state index in [9.17, 15) is 4.79 Å². The summed E-state index contributed by atoms with van der Waals surface area (Å²) in [5.74, 6) is 0.336. The van der Waals surface area contributed by atoms with Crippen molar-refractivity contribution in [2.75, 3.05) is 19.8 Å². The summed E-state index contributed by atoms with van der Waals surface area (Å²) in [5, 5.41) is 3.08. The summed E-state index contributed by atoms with van der Waals surface area (Å²) in [6.45, 7) is 6.62. The van der Waals surface area contributed by atoms with Crippen LogP contribution in [0.25, 0.3) is 10.4 Å². The zero-order valence-electron chi connectivity index (χ0n) is 11.8. The smallest absolute Gasteiger partial charge is 0.253 e. The summed E-state index contributed by atoms with van der Waals surface area (Å²) in [5.41, 5.74) is 8.52. The van der Waals surface area contributed by atoms with Gasteiger partial charge in [-0.25, -0.2) is 0 Å². The highest BCUT2D eigenvalue weighted by atomic mass is 16.5. The summed E-state index contributed by atoms with van der Waals surface area (Å²) in [7, 11) is 0. The van der Waals surface area contributed by atoms with E-state index in [1.54, 1.807) is 13.0 Å². The fourth-order valence-electron chi connectivity index (χ4n) is 1.65. The molecule has 0 radical (unpaired) electrons. The van der Waals surface area contributed by atoms with Crippen LogP contribution >= 0.6 is 0 Å². The lowest BCUT2D eigenvalue weighted by atomic mass is 10.1. The van der Waals surface area contributed by atoms with Gasteiger partial charge in [-0.05, 0) is 43.5 Å². The fraction of sp³-hybridized carbons (Fsp3) is 0.462. The number of carbonyl (C=O) groups is 1. The molecule has 0 heterocycles. The SMILES string of the molecule is CCOc1ccc(C(=O)N=[N+]=[N-])c(OCC)c1OCC. The van der Waals surface area contributed by atoms with Crippen molar-refractivity contribution in [1.82, 2.24) is 0 Å². The molecule has 0 atom stereocenters. The first-order chi connectivity index (χ1) is 9.69. The van der Waals surface area contributed by atoms with Crippen LogP contribution in [0.4, 0.5) is 0 Å². The van der Waals surface area contributed by atoms with E-state index < -0.39 is 5.91 Å². The molecule has 1 aromatic carbocycles. The first-order valence-electron chi connectivity index (χ1n) is 6.34.